The Morgan fingerprint density at radius 1 is 1.30 bits per heavy atom. The zero-order valence-electron chi connectivity index (χ0n) is 12.5. The molecule has 0 fully saturated rings. The van der Waals surface area contributed by atoms with Crippen molar-refractivity contribution in [3.8, 4) is 5.75 Å². The maximum Gasteiger partial charge on any atom is 0.220 e. The quantitative estimate of drug-likeness (QED) is 0.906. The molecule has 1 heterocycles. The Hall–Kier alpha value is -2.07. The van der Waals surface area contributed by atoms with E-state index in [2.05, 4.69) is 5.32 Å². The van der Waals surface area contributed by atoms with Crippen LogP contribution in [0.2, 0.25) is 5.02 Å². The van der Waals surface area contributed by atoms with E-state index in [0.717, 1.165) is 16.9 Å². The van der Waals surface area contributed by atoms with Crippen LogP contribution in [-0.2, 0) is 11.2 Å². The number of para-hydroxylation sites is 1. The van der Waals surface area contributed by atoms with Gasteiger partial charge in [-0.1, -0.05) is 35.9 Å². The van der Waals surface area contributed by atoms with Gasteiger partial charge in [-0.3, -0.25) is 4.79 Å². The van der Waals surface area contributed by atoms with Crippen molar-refractivity contribution >= 4 is 17.5 Å². The molecule has 0 saturated heterocycles. The third-order valence-electron chi connectivity index (χ3n) is 3.97. The van der Waals surface area contributed by atoms with Crippen molar-refractivity contribution in [2.45, 2.75) is 18.8 Å². The maximum atomic E-state index is 13.1. The molecule has 0 saturated carbocycles. The Bertz CT molecular complexity index is 720. The van der Waals surface area contributed by atoms with Crippen LogP contribution in [-0.4, -0.2) is 19.1 Å². The normalized spacial score (nSPS) is 15.8. The molecule has 3 nitrogen and oxygen atoms in total. The minimum Gasteiger partial charge on any atom is -0.493 e. The highest BCUT2D eigenvalue weighted by Crippen LogP contribution is 2.32. The smallest absolute Gasteiger partial charge is 0.220 e. The zero-order valence-corrected chi connectivity index (χ0v) is 13.3. The van der Waals surface area contributed by atoms with Gasteiger partial charge in [0.1, 0.15) is 11.6 Å². The Morgan fingerprint density at radius 3 is 2.96 bits per heavy atom. The van der Waals surface area contributed by atoms with Crippen LogP contribution in [0.3, 0.4) is 0 Å². The predicted octanol–water partition coefficient (Wildman–Crippen LogP) is 3.70. The molecule has 0 radical (unpaired) electrons. The molecule has 1 amide bonds. The van der Waals surface area contributed by atoms with Gasteiger partial charge in [-0.25, -0.2) is 4.39 Å². The van der Waals surface area contributed by atoms with Gasteiger partial charge in [0.15, 0.2) is 0 Å². The molecule has 0 spiro atoms. The molecule has 1 N–H and O–H groups in total. The van der Waals surface area contributed by atoms with Crippen LogP contribution in [0.15, 0.2) is 42.5 Å². The van der Waals surface area contributed by atoms with Crippen molar-refractivity contribution in [2.75, 3.05) is 13.2 Å². The second kappa shape index (κ2) is 7.01. The van der Waals surface area contributed by atoms with E-state index in [-0.39, 0.29) is 16.8 Å². The number of aryl methyl sites for hydroxylation is 1. The number of rotatable bonds is 5. The molecule has 23 heavy (non-hydrogen) atoms. The second-order valence-corrected chi connectivity index (χ2v) is 6.01. The number of amides is 1. The van der Waals surface area contributed by atoms with Crippen LogP contribution in [0.25, 0.3) is 0 Å². The summed E-state index contributed by atoms with van der Waals surface area (Å²) in [5.41, 5.74) is 1.99. The van der Waals surface area contributed by atoms with Crippen molar-refractivity contribution in [1.82, 2.24) is 5.32 Å². The molecule has 5 heteroatoms. The molecule has 1 atom stereocenters. The van der Waals surface area contributed by atoms with Gasteiger partial charge in [-0.15, -0.1) is 0 Å². The Morgan fingerprint density at radius 2 is 2.13 bits per heavy atom. The number of hydrogen-bond acceptors (Lipinski definition) is 2. The second-order valence-electron chi connectivity index (χ2n) is 5.60. The average Bonchev–Trinajstić information content (AvgIpc) is 2.97. The minimum absolute atomic E-state index is 0.0326. The number of nitrogens with one attached hydrogen (secondary N) is 1. The van der Waals surface area contributed by atoms with Gasteiger partial charge in [0.25, 0.3) is 0 Å². The van der Waals surface area contributed by atoms with Crippen LogP contribution in [0.1, 0.15) is 23.5 Å². The first kappa shape index (κ1) is 15.8. The van der Waals surface area contributed by atoms with Crippen molar-refractivity contribution in [3.63, 3.8) is 0 Å². The summed E-state index contributed by atoms with van der Waals surface area (Å²) in [5.74, 6) is 0.609. The molecule has 1 aliphatic heterocycles. The van der Waals surface area contributed by atoms with E-state index in [1.807, 2.05) is 24.3 Å². The molecular weight excluding hydrogens is 317 g/mol. The Kier molecular flexibility index (Phi) is 4.82. The highest BCUT2D eigenvalue weighted by Gasteiger charge is 2.23. The standard InChI is InChI=1S/C18H17ClFNO2/c19-15-9-12(5-7-16(15)20)6-8-18(22)21-10-13-11-23-17-4-2-1-3-14(13)17/h1-5,7,9,13H,6,8,10-11H2,(H,21,22). The number of carbonyl (C=O) groups is 1. The molecule has 3 rings (SSSR count). The molecule has 0 bridgehead atoms. The van der Waals surface area contributed by atoms with Gasteiger partial charge >= 0.3 is 0 Å². The van der Waals surface area contributed by atoms with Crippen LogP contribution < -0.4 is 10.1 Å². The zero-order chi connectivity index (χ0) is 16.2. The lowest BCUT2D eigenvalue weighted by Crippen LogP contribution is -2.29. The lowest BCUT2D eigenvalue weighted by molar-refractivity contribution is -0.121. The van der Waals surface area contributed by atoms with E-state index in [4.69, 9.17) is 16.3 Å². The first-order chi connectivity index (χ1) is 11.1. The number of benzene rings is 2. The van der Waals surface area contributed by atoms with Crippen LogP contribution in [0.4, 0.5) is 4.39 Å². The monoisotopic (exact) mass is 333 g/mol. The number of carbonyl (C=O) groups excluding carboxylic acids is 1. The van der Waals surface area contributed by atoms with Gasteiger partial charge in [0.2, 0.25) is 5.91 Å². The van der Waals surface area contributed by atoms with Crippen molar-refractivity contribution in [1.29, 1.82) is 0 Å². The van der Waals surface area contributed by atoms with Crippen molar-refractivity contribution < 1.29 is 13.9 Å². The lowest BCUT2D eigenvalue weighted by atomic mass is 10.0. The first-order valence-electron chi connectivity index (χ1n) is 7.56. The van der Waals surface area contributed by atoms with Gasteiger partial charge in [0, 0.05) is 24.4 Å². The largest absolute Gasteiger partial charge is 0.493 e. The summed E-state index contributed by atoms with van der Waals surface area (Å²) in [5, 5.41) is 3.02. The van der Waals surface area contributed by atoms with E-state index in [1.165, 1.54) is 6.07 Å². The van der Waals surface area contributed by atoms with Crippen LogP contribution in [0, 0.1) is 5.82 Å². The van der Waals surface area contributed by atoms with E-state index in [0.29, 0.717) is 26.0 Å². The topological polar surface area (TPSA) is 38.3 Å². The lowest BCUT2D eigenvalue weighted by Gasteiger charge is -2.10. The molecule has 1 unspecified atom stereocenters. The van der Waals surface area contributed by atoms with Gasteiger partial charge in [0.05, 0.1) is 11.6 Å². The number of hydrogen-bond donors (Lipinski definition) is 1. The number of fused-ring (bicyclic) bond motifs is 1. The van der Waals surface area contributed by atoms with E-state index in [9.17, 15) is 9.18 Å². The van der Waals surface area contributed by atoms with E-state index < -0.39 is 5.82 Å². The summed E-state index contributed by atoms with van der Waals surface area (Å²) in [7, 11) is 0. The number of halogens is 2. The fourth-order valence-corrected chi connectivity index (χ4v) is 2.88. The Labute approximate surface area is 139 Å². The van der Waals surface area contributed by atoms with Crippen molar-refractivity contribution in [3.05, 3.63) is 64.4 Å². The molecule has 120 valence electrons. The molecule has 1 aliphatic rings. The summed E-state index contributed by atoms with van der Waals surface area (Å²) in [6, 6.07) is 12.4. The fraction of sp³-hybridized carbons (Fsp3) is 0.278. The average molecular weight is 334 g/mol. The predicted molar refractivity (Wildman–Crippen MR) is 87.4 cm³/mol. The Balaban J connectivity index is 1.48. The van der Waals surface area contributed by atoms with Crippen LogP contribution >= 0.6 is 11.6 Å². The van der Waals surface area contributed by atoms with E-state index in [1.54, 1.807) is 12.1 Å². The maximum absolute atomic E-state index is 13.1. The number of ether oxygens (including phenoxy) is 1. The highest BCUT2D eigenvalue weighted by atomic mass is 35.5. The van der Waals surface area contributed by atoms with Crippen molar-refractivity contribution in [2.24, 2.45) is 0 Å². The molecule has 2 aromatic carbocycles. The van der Waals surface area contributed by atoms with Gasteiger partial charge in [-0.2, -0.15) is 0 Å². The minimum atomic E-state index is -0.445. The van der Waals surface area contributed by atoms with E-state index >= 15 is 0 Å². The SMILES string of the molecule is O=C(CCc1ccc(F)c(Cl)c1)NCC1COc2ccccc21. The van der Waals surface area contributed by atoms with Gasteiger partial charge < -0.3 is 10.1 Å². The molecular formula is C18H17ClFNO2. The summed E-state index contributed by atoms with van der Waals surface area (Å²) in [4.78, 5) is 12.0. The summed E-state index contributed by atoms with van der Waals surface area (Å²) in [6.07, 6.45) is 0.876. The molecule has 2 aromatic rings. The summed E-state index contributed by atoms with van der Waals surface area (Å²) >= 11 is 5.73. The molecule has 0 aliphatic carbocycles. The van der Waals surface area contributed by atoms with Gasteiger partial charge in [-0.05, 0) is 30.2 Å². The molecule has 0 aromatic heterocycles. The summed E-state index contributed by atoms with van der Waals surface area (Å²) in [6.45, 7) is 1.15. The van der Waals surface area contributed by atoms with Crippen LogP contribution in [0.5, 0.6) is 5.75 Å². The first-order valence-corrected chi connectivity index (χ1v) is 7.93. The highest BCUT2D eigenvalue weighted by molar-refractivity contribution is 6.30. The third-order valence-corrected chi connectivity index (χ3v) is 4.26. The summed E-state index contributed by atoms with van der Waals surface area (Å²) < 4.78 is 18.7. The third kappa shape index (κ3) is 3.82. The fourth-order valence-electron chi connectivity index (χ4n) is 2.68.